The van der Waals surface area contributed by atoms with E-state index >= 15 is 0 Å². The summed E-state index contributed by atoms with van der Waals surface area (Å²) in [7, 11) is 1.65. The number of hydrogen-bond acceptors (Lipinski definition) is 2. The second-order valence-corrected chi connectivity index (χ2v) is 5.77. The molecule has 2 aromatic rings. The van der Waals surface area contributed by atoms with Gasteiger partial charge in [-0.1, -0.05) is 42.0 Å². The van der Waals surface area contributed by atoms with E-state index in [1.807, 2.05) is 18.2 Å². The number of aromatic hydroxyl groups is 1. The van der Waals surface area contributed by atoms with Gasteiger partial charge < -0.3 is 9.84 Å². The van der Waals surface area contributed by atoms with Crippen LogP contribution in [0.2, 0.25) is 0 Å². The Bertz CT molecular complexity index is 638. The van der Waals surface area contributed by atoms with E-state index in [1.165, 1.54) is 11.1 Å². The van der Waals surface area contributed by atoms with E-state index in [-0.39, 0.29) is 0 Å². The van der Waals surface area contributed by atoms with Gasteiger partial charge in [0.25, 0.3) is 0 Å². The predicted molar refractivity (Wildman–Crippen MR) is 91.6 cm³/mol. The lowest BCUT2D eigenvalue weighted by Gasteiger charge is -2.12. The Morgan fingerprint density at radius 1 is 1.05 bits per heavy atom. The Morgan fingerprint density at radius 3 is 2.36 bits per heavy atom. The molecule has 0 aliphatic carbocycles. The van der Waals surface area contributed by atoms with E-state index in [4.69, 9.17) is 4.74 Å². The number of benzene rings is 2. The van der Waals surface area contributed by atoms with Crippen molar-refractivity contribution in [1.82, 2.24) is 0 Å². The number of hydrogen-bond donors (Lipinski definition) is 1. The average molecular weight is 296 g/mol. The number of phenols is 1. The van der Waals surface area contributed by atoms with Crippen LogP contribution in [0.5, 0.6) is 11.5 Å². The predicted octanol–water partition coefficient (Wildman–Crippen LogP) is 4.69. The highest BCUT2D eigenvalue weighted by Gasteiger charge is 2.10. The highest BCUT2D eigenvalue weighted by atomic mass is 16.5. The van der Waals surface area contributed by atoms with Crippen LogP contribution in [-0.2, 0) is 19.3 Å². The fourth-order valence-electron chi connectivity index (χ4n) is 2.46. The molecule has 116 valence electrons. The lowest BCUT2D eigenvalue weighted by molar-refractivity contribution is 0.400. The van der Waals surface area contributed by atoms with Crippen LogP contribution in [-0.4, -0.2) is 12.2 Å². The van der Waals surface area contributed by atoms with Gasteiger partial charge in [0.2, 0.25) is 0 Å². The maximum Gasteiger partial charge on any atom is 0.126 e. The molecule has 0 unspecified atom stereocenters. The third-order valence-corrected chi connectivity index (χ3v) is 3.72. The molecule has 2 heteroatoms. The summed E-state index contributed by atoms with van der Waals surface area (Å²) in [5.41, 5.74) is 4.48. The molecule has 2 nitrogen and oxygen atoms in total. The zero-order chi connectivity index (χ0) is 15.9. The van der Waals surface area contributed by atoms with Crippen molar-refractivity contribution in [3.63, 3.8) is 0 Å². The molecule has 0 heterocycles. The van der Waals surface area contributed by atoms with Crippen molar-refractivity contribution in [2.75, 3.05) is 7.11 Å². The van der Waals surface area contributed by atoms with Crippen LogP contribution in [0.3, 0.4) is 0 Å². The third kappa shape index (κ3) is 4.39. The van der Waals surface area contributed by atoms with E-state index in [9.17, 15) is 5.11 Å². The van der Waals surface area contributed by atoms with Gasteiger partial charge in [0.15, 0.2) is 0 Å². The van der Waals surface area contributed by atoms with Crippen LogP contribution in [0.15, 0.2) is 54.1 Å². The van der Waals surface area contributed by atoms with Gasteiger partial charge in [-0.15, -0.1) is 0 Å². The highest BCUT2D eigenvalue weighted by molar-refractivity contribution is 5.48. The largest absolute Gasteiger partial charge is 0.508 e. The van der Waals surface area contributed by atoms with E-state index in [0.717, 1.165) is 29.7 Å². The van der Waals surface area contributed by atoms with Gasteiger partial charge >= 0.3 is 0 Å². The first kappa shape index (κ1) is 16.2. The first-order valence-electron chi connectivity index (χ1n) is 7.66. The van der Waals surface area contributed by atoms with Crippen LogP contribution in [0, 0.1) is 0 Å². The Morgan fingerprint density at radius 2 is 1.73 bits per heavy atom. The molecule has 0 aromatic heterocycles. The lowest BCUT2D eigenvalue weighted by Crippen LogP contribution is -1.97. The van der Waals surface area contributed by atoms with Crippen LogP contribution < -0.4 is 4.74 Å². The first-order valence-corrected chi connectivity index (χ1v) is 7.66. The van der Waals surface area contributed by atoms with E-state index in [2.05, 4.69) is 44.2 Å². The second-order valence-electron chi connectivity index (χ2n) is 5.77. The van der Waals surface area contributed by atoms with Crippen molar-refractivity contribution in [3.8, 4) is 11.5 Å². The Labute approximate surface area is 133 Å². The summed E-state index contributed by atoms with van der Waals surface area (Å²) in [6.45, 7) is 4.11. The SMILES string of the molecule is COc1cc(CCc2ccccc2)cc(O)c1CC=C(C)C. The van der Waals surface area contributed by atoms with Crippen LogP contribution in [0.25, 0.3) is 0 Å². The molecule has 0 amide bonds. The van der Waals surface area contributed by atoms with E-state index in [0.29, 0.717) is 12.2 Å². The van der Waals surface area contributed by atoms with Gasteiger partial charge in [-0.05, 0) is 56.4 Å². The van der Waals surface area contributed by atoms with Crippen LogP contribution in [0.1, 0.15) is 30.5 Å². The number of aryl methyl sites for hydroxylation is 2. The number of methoxy groups -OCH3 is 1. The number of allylic oxidation sites excluding steroid dienone is 2. The van der Waals surface area contributed by atoms with Crippen molar-refractivity contribution in [3.05, 3.63) is 70.8 Å². The first-order chi connectivity index (χ1) is 10.6. The van der Waals surface area contributed by atoms with Crippen molar-refractivity contribution < 1.29 is 9.84 Å². The molecule has 1 N–H and O–H groups in total. The highest BCUT2D eigenvalue weighted by Crippen LogP contribution is 2.31. The second kappa shape index (κ2) is 7.69. The van der Waals surface area contributed by atoms with E-state index < -0.39 is 0 Å². The lowest BCUT2D eigenvalue weighted by atomic mass is 10.00. The standard InChI is InChI=1S/C20H24O2/c1-15(2)9-12-18-19(21)13-17(14-20(18)22-3)11-10-16-7-5-4-6-8-16/h4-9,13-14,21H,10-12H2,1-3H3. The van der Waals surface area contributed by atoms with Crippen molar-refractivity contribution in [2.24, 2.45) is 0 Å². The molecule has 0 saturated heterocycles. The number of phenolic OH excluding ortho intramolecular Hbond substituents is 1. The molecule has 0 bridgehead atoms. The molecule has 22 heavy (non-hydrogen) atoms. The Kier molecular flexibility index (Phi) is 5.65. The summed E-state index contributed by atoms with van der Waals surface area (Å²) in [6, 6.07) is 14.3. The zero-order valence-corrected chi connectivity index (χ0v) is 13.6. The molecule has 2 aromatic carbocycles. The molecule has 0 aliphatic heterocycles. The smallest absolute Gasteiger partial charge is 0.126 e. The van der Waals surface area contributed by atoms with Gasteiger partial charge in [0.05, 0.1) is 7.11 Å². The van der Waals surface area contributed by atoms with Gasteiger partial charge in [-0.25, -0.2) is 0 Å². The minimum atomic E-state index is 0.319. The van der Waals surface area contributed by atoms with Crippen LogP contribution >= 0.6 is 0 Å². The molecule has 0 fully saturated rings. The molecule has 0 spiro atoms. The maximum atomic E-state index is 10.3. The van der Waals surface area contributed by atoms with Crippen molar-refractivity contribution in [2.45, 2.75) is 33.1 Å². The number of ether oxygens (including phenoxy) is 1. The van der Waals surface area contributed by atoms with Crippen molar-refractivity contribution in [1.29, 1.82) is 0 Å². The van der Waals surface area contributed by atoms with Gasteiger partial charge in [-0.3, -0.25) is 0 Å². The zero-order valence-electron chi connectivity index (χ0n) is 13.6. The summed E-state index contributed by atoms with van der Waals surface area (Å²) in [5.74, 6) is 1.08. The molecular formula is C20H24O2. The molecule has 2 rings (SSSR count). The minimum absolute atomic E-state index is 0.319. The topological polar surface area (TPSA) is 29.5 Å². The summed E-state index contributed by atoms with van der Waals surface area (Å²) < 4.78 is 5.46. The summed E-state index contributed by atoms with van der Waals surface area (Å²) in [6.07, 6.45) is 4.63. The van der Waals surface area contributed by atoms with E-state index in [1.54, 1.807) is 7.11 Å². The third-order valence-electron chi connectivity index (χ3n) is 3.72. The number of rotatable bonds is 6. The normalized spacial score (nSPS) is 10.3. The van der Waals surface area contributed by atoms with Gasteiger partial charge in [0.1, 0.15) is 11.5 Å². The summed E-state index contributed by atoms with van der Waals surface area (Å²) >= 11 is 0. The quantitative estimate of drug-likeness (QED) is 0.783. The summed E-state index contributed by atoms with van der Waals surface area (Å²) in [5, 5.41) is 10.3. The monoisotopic (exact) mass is 296 g/mol. The Hall–Kier alpha value is -2.22. The average Bonchev–Trinajstić information content (AvgIpc) is 2.52. The minimum Gasteiger partial charge on any atom is -0.508 e. The molecule has 0 aliphatic rings. The molecular weight excluding hydrogens is 272 g/mol. The molecule has 0 radical (unpaired) electrons. The fraction of sp³-hybridized carbons (Fsp3) is 0.300. The van der Waals surface area contributed by atoms with Gasteiger partial charge in [-0.2, -0.15) is 0 Å². The van der Waals surface area contributed by atoms with Crippen molar-refractivity contribution >= 4 is 0 Å². The van der Waals surface area contributed by atoms with Gasteiger partial charge in [0, 0.05) is 5.56 Å². The molecule has 0 saturated carbocycles. The maximum absolute atomic E-state index is 10.3. The Balaban J connectivity index is 2.16. The van der Waals surface area contributed by atoms with Crippen LogP contribution in [0.4, 0.5) is 0 Å². The summed E-state index contributed by atoms with van der Waals surface area (Å²) in [4.78, 5) is 0. The fourth-order valence-corrected chi connectivity index (χ4v) is 2.46. The molecule has 0 atom stereocenters.